The Labute approximate surface area is 50.2 Å². The van der Waals surface area contributed by atoms with Crippen molar-refractivity contribution in [2.24, 2.45) is 0 Å². The minimum atomic E-state index is -3.66. The highest BCUT2D eigenvalue weighted by Crippen LogP contribution is 1.74. The van der Waals surface area contributed by atoms with E-state index in [9.17, 15) is 8.42 Å². The van der Waals surface area contributed by atoms with Crippen molar-refractivity contribution in [3.05, 3.63) is 0 Å². The largest absolute Gasteiger partial charge is 0.344 e. The molecule has 0 rings (SSSR count). The van der Waals surface area contributed by atoms with Gasteiger partial charge in [0.15, 0.2) is 0 Å². The summed E-state index contributed by atoms with van der Waals surface area (Å²) < 4.78 is 26.9. The van der Waals surface area contributed by atoms with E-state index in [0.29, 0.717) is 0 Å². The van der Waals surface area contributed by atoms with E-state index < -0.39 is 10.1 Å². The van der Waals surface area contributed by atoms with Gasteiger partial charge in [0.2, 0.25) is 0 Å². The van der Waals surface area contributed by atoms with Gasteiger partial charge in [0, 0.05) is 0 Å². The molecule has 0 unspecified atom stereocenters. The van der Waals surface area contributed by atoms with Gasteiger partial charge in [-0.2, -0.15) is 8.42 Å². The van der Waals surface area contributed by atoms with Gasteiger partial charge in [0.05, 0.1) is 5.75 Å². The van der Waals surface area contributed by atoms with Crippen LogP contribution in [0.15, 0.2) is 0 Å². The maximum absolute atomic E-state index is 9.56. The molecule has 0 aliphatic heterocycles. The van der Waals surface area contributed by atoms with Crippen molar-refractivity contribution in [2.75, 3.05) is 5.75 Å². The Hall–Kier alpha value is -0.130. The second-order valence-electron chi connectivity index (χ2n) is 0.871. The standard InChI is InChI=1S/C2H6O3S.CH4.H3N/c1-2-6(3,4)5;;/h2H2,1H3,(H,3,4,5);1H4;1H3. The second kappa shape index (κ2) is 5.02. The smallest absolute Gasteiger partial charge is 0.264 e. The molecular weight excluding hydrogens is 130 g/mol. The van der Waals surface area contributed by atoms with Crippen molar-refractivity contribution in [3.63, 3.8) is 0 Å². The first kappa shape index (κ1) is 15.7. The first-order valence-electron chi connectivity index (χ1n) is 1.51. The Morgan fingerprint density at radius 2 is 1.62 bits per heavy atom. The van der Waals surface area contributed by atoms with Gasteiger partial charge >= 0.3 is 0 Å². The third-order valence-corrected chi connectivity index (χ3v) is 1.09. The molecule has 0 atom stereocenters. The first-order valence-corrected chi connectivity index (χ1v) is 3.12. The fraction of sp³-hybridized carbons (Fsp3) is 1.00. The molecule has 0 aliphatic carbocycles. The summed E-state index contributed by atoms with van der Waals surface area (Å²) >= 11 is 0. The highest BCUT2D eigenvalue weighted by molar-refractivity contribution is 7.85. The Balaban J connectivity index is -0.000000125. The zero-order chi connectivity index (χ0) is 5.21. The molecular formula is C3H13NO3S. The van der Waals surface area contributed by atoms with Crippen LogP contribution in [-0.4, -0.2) is 18.7 Å². The zero-order valence-electron chi connectivity index (χ0n) is 4.09. The molecule has 0 fully saturated rings. The summed E-state index contributed by atoms with van der Waals surface area (Å²) in [5.74, 6) is -0.201. The fourth-order valence-electron chi connectivity index (χ4n) is 0. The molecule has 0 aromatic carbocycles. The van der Waals surface area contributed by atoms with Crippen LogP contribution < -0.4 is 6.15 Å². The van der Waals surface area contributed by atoms with Gasteiger partial charge in [-0.25, -0.2) is 0 Å². The molecule has 54 valence electrons. The summed E-state index contributed by atoms with van der Waals surface area (Å²) in [7, 11) is -3.66. The molecule has 0 saturated heterocycles. The van der Waals surface area contributed by atoms with Crippen molar-refractivity contribution in [3.8, 4) is 0 Å². The van der Waals surface area contributed by atoms with Crippen molar-refractivity contribution in [2.45, 2.75) is 14.4 Å². The van der Waals surface area contributed by atoms with E-state index in [0.717, 1.165) is 0 Å². The van der Waals surface area contributed by atoms with E-state index in [-0.39, 0.29) is 19.3 Å². The molecule has 8 heavy (non-hydrogen) atoms. The summed E-state index contributed by atoms with van der Waals surface area (Å²) in [6.07, 6.45) is 0. The Bertz CT molecular complexity index is 116. The van der Waals surface area contributed by atoms with Crippen LogP contribution in [0.4, 0.5) is 0 Å². The Morgan fingerprint density at radius 1 is 1.50 bits per heavy atom. The molecule has 0 aromatic rings. The van der Waals surface area contributed by atoms with Crippen molar-refractivity contribution < 1.29 is 13.0 Å². The molecule has 0 aliphatic rings. The maximum atomic E-state index is 9.56. The van der Waals surface area contributed by atoms with E-state index in [1.54, 1.807) is 0 Å². The van der Waals surface area contributed by atoms with Gasteiger partial charge < -0.3 is 6.15 Å². The molecule has 5 heteroatoms. The molecule has 0 radical (unpaired) electrons. The topological polar surface area (TPSA) is 89.4 Å². The predicted molar refractivity (Wildman–Crippen MR) is 33.8 cm³/mol. The summed E-state index contributed by atoms with van der Waals surface area (Å²) in [6, 6.07) is 0. The Kier molecular flexibility index (Phi) is 9.82. The molecule has 4 N–H and O–H groups in total. The lowest BCUT2D eigenvalue weighted by Gasteiger charge is -1.79. The number of rotatable bonds is 1. The monoisotopic (exact) mass is 143 g/mol. The van der Waals surface area contributed by atoms with Crippen molar-refractivity contribution >= 4 is 10.1 Å². The summed E-state index contributed by atoms with van der Waals surface area (Å²) in [6.45, 7) is 1.37. The molecule has 0 saturated carbocycles. The molecule has 0 amide bonds. The fourth-order valence-corrected chi connectivity index (χ4v) is 0. The first-order chi connectivity index (χ1) is 2.56. The van der Waals surface area contributed by atoms with Crippen LogP contribution in [0.3, 0.4) is 0 Å². The second-order valence-corrected chi connectivity index (χ2v) is 2.61. The van der Waals surface area contributed by atoms with Crippen LogP contribution in [0.25, 0.3) is 0 Å². The van der Waals surface area contributed by atoms with Crippen molar-refractivity contribution in [1.29, 1.82) is 0 Å². The third kappa shape index (κ3) is 16.9. The van der Waals surface area contributed by atoms with E-state index >= 15 is 0 Å². The average molecular weight is 143 g/mol. The van der Waals surface area contributed by atoms with Gasteiger partial charge in [0.1, 0.15) is 0 Å². The van der Waals surface area contributed by atoms with Crippen molar-refractivity contribution in [1.82, 2.24) is 6.15 Å². The van der Waals surface area contributed by atoms with Crippen LogP contribution in [0.1, 0.15) is 14.4 Å². The predicted octanol–water partition coefficient (Wildman–Crippen LogP) is 0.692. The summed E-state index contributed by atoms with van der Waals surface area (Å²) in [4.78, 5) is 0. The minimum Gasteiger partial charge on any atom is -0.344 e. The van der Waals surface area contributed by atoms with E-state index in [1.165, 1.54) is 6.92 Å². The lowest BCUT2D eigenvalue weighted by atomic mass is 11.0. The lowest BCUT2D eigenvalue weighted by molar-refractivity contribution is 0.484. The normalized spacial score (nSPS) is 8.75. The van der Waals surface area contributed by atoms with E-state index in [1.807, 2.05) is 0 Å². The van der Waals surface area contributed by atoms with Crippen LogP contribution in [0.2, 0.25) is 0 Å². The molecule has 0 bridgehead atoms. The van der Waals surface area contributed by atoms with Gasteiger partial charge in [-0.3, -0.25) is 4.55 Å². The molecule has 0 spiro atoms. The van der Waals surface area contributed by atoms with Crippen LogP contribution in [0, 0.1) is 0 Å². The summed E-state index contributed by atoms with van der Waals surface area (Å²) in [5, 5.41) is 0. The third-order valence-electron chi connectivity index (χ3n) is 0.365. The summed E-state index contributed by atoms with van der Waals surface area (Å²) in [5.41, 5.74) is 0. The Morgan fingerprint density at radius 3 is 1.62 bits per heavy atom. The van der Waals surface area contributed by atoms with E-state index in [4.69, 9.17) is 4.55 Å². The van der Waals surface area contributed by atoms with Crippen LogP contribution >= 0.6 is 0 Å². The average Bonchev–Trinajstić information content (AvgIpc) is 1.35. The highest BCUT2D eigenvalue weighted by Gasteiger charge is 1.93. The van der Waals surface area contributed by atoms with Crippen LogP contribution in [0.5, 0.6) is 0 Å². The zero-order valence-corrected chi connectivity index (χ0v) is 4.90. The number of hydrogen-bond acceptors (Lipinski definition) is 3. The molecule has 0 heterocycles. The van der Waals surface area contributed by atoms with E-state index in [2.05, 4.69) is 0 Å². The quantitative estimate of drug-likeness (QED) is 0.528. The van der Waals surface area contributed by atoms with Gasteiger partial charge in [-0.05, 0) is 6.92 Å². The van der Waals surface area contributed by atoms with Gasteiger partial charge in [-0.1, -0.05) is 7.43 Å². The van der Waals surface area contributed by atoms with Gasteiger partial charge in [0.25, 0.3) is 10.1 Å². The lowest BCUT2D eigenvalue weighted by Crippen LogP contribution is -1.97. The van der Waals surface area contributed by atoms with Gasteiger partial charge in [-0.15, -0.1) is 0 Å². The molecule has 4 nitrogen and oxygen atoms in total. The minimum absolute atomic E-state index is 0. The maximum Gasteiger partial charge on any atom is 0.264 e. The highest BCUT2D eigenvalue weighted by atomic mass is 32.2. The SMILES string of the molecule is C.CCS(=O)(=O)O.N. The number of hydrogen-bond donors (Lipinski definition) is 2. The van der Waals surface area contributed by atoms with Crippen LogP contribution in [-0.2, 0) is 10.1 Å². The molecule has 0 aromatic heterocycles.